The van der Waals surface area contributed by atoms with Crippen molar-refractivity contribution >= 4 is 37.6 Å². The van der Waals surface area contributed by atoms with Crippen LogP contribution in [0.3, 0.4) is 0 Å². The van der Waals surface area contributed by atoms with E-state index in [4.69, 9.17) is 5.11 Å². The van der Waals surface area contributed by atoms with Crippen molar-refractivity contribution in [3.8, 4) is 0 Å². The first-order valence-electron chi connectivity index (χ1n) is 5.92. The molecule has 0 saturated heterocycles. The molecule has 0 saturated carbocycles. The Morgan fingerprint density at radius 1 is 1.14 bits per heavy atom. The maximum atomic E-state index is 12.3. The number of benzene rings is 2. The van der Waals surface area contributed by atoms with E-state index in [1.54, 1.807) is 19.1 Å². The molecule has 0 atom stereocenters. The molecule has 2 aromatic rings. The molecule has 2 aromatic carbocycles. The zero-order valence-electron chi connectivity index (χ0n) is 11.0. The number of anilines is 1. The summed E-state index contributed by atoms with van der Waals surface area (Å²) in [7, 11) is -3.76. The summed E-state index contributed by atoms with van der Waals surface area (Å²) in [6.07, 6.45) is 0. The molecular formula is C14H12BrNO4S. The minimum atomic E-state index is -3.76. The van der Waals surface area contributed by atoms with Gasteiger partial charge < -0.3 is 5.11 Å². The zero-order valence-corrected chi connectivity index (χ0v) is 13.4. The molecule has 2 N–H and O–H groups in total. The second kappa shape index (κ2) is 5.87. The van der Waals surface area contributed by atoms with E-state index in [-0.39, 0.29) is 10.5 Å². The minimum Gasteiger partial charge on any atom is -0.478 e. The van der Waals surface area contributed by atoms with Gasteiger partial charge in [-0.25, -0.2) is 13.2 Å². The Bertz CT molecular complexity index is 785. The molecule has 21 heavy (non-hydrogen) atoms. The van der Waals surface area contributed by atoms with Crippen LogP contribution in [0.15, 0.2) is 51.8 Å². The molecule has 5 nitrogen and oxygen atoms in total. The normalized spacial score (nSPS) is 11.1. The Labute approximate surface area is 130 Å². The summed E-state index contributed by atoms with van der Waals surface area (Å²) in [5.41, 5.74) is 1.28. The van der Waals surface area contributed by atoms with E-state index in [0.29, 0.717) is 5.69 Å². The molecule has 7 heteroatoms. The molecule has 110 valence electrons. The molecule has 0 unspecified atom stereocenters. The number of rotatable bonds is 4. The SMILES string of the molecule is Cc1ccc(Br)cc1NS(=O)(=O)c1ccc(C(=O)O)cc1. The van der Waals surface area contributed by atoms with Gasteiger partial charge in [-0.05, 0) is 48.9 Å². The van der Waals surface area contributed by atoms with Crippen molar-refractivity contribution < 1.29 is 18.3 Å². The average Bonchev–Trinajstić information content (AvgIpc) is 2.43. The van der Waals surface area contributed by atoms with Crippen LogP contribution in [0.2, 0.25) is 0 Å². The number of aryl methyl sites for hydroxylation is 1. The number of carboxylic acid groups (broad SMARTS) is 1. The fraction of sp³-hybridized carbons (Fsp3) is 0.0714. The van der Waals surface area contributed by atoms with Gasteiger partial charge in [0.25, 0.3) is 10.0 Å². The van der Waals surface area contributed by atoms with E-state index >= 15 is 0 Å². The van der Waals surface area contributed by atoms with E-state index < -0.39 is 16.0 Å². The predicted octanol–water partition coefficient (Wildman–Crippen LogP) is 3.26. The first kappa shape index (κ1) is 15.5. The van der Waals surface area contributed by atoms with Crippen LogP contribution in [0.4, 0.5) is 5.69 Å². The third kappa shape index (κ3) is 3.62. The Morgan fingerprint density at radius 3 is 2.33 bits per heavy atom. The molecule has 0 aliphatic rings. The minimum absolute atomic E-state index is 0.00637. The molecule has 0 aliphatic heterocycles. The van der Waals surface area contributed by atoms with Gasteiger partial charge in [0.05, 0.1) is 16.1 Å². The Morgan fingerprint density at radius 2 is 1.76 bits per heavy atom. The second-order valence-electron chi connectivity index (χ2n) is 4.39. The molecule has 0 bridgehead atoms. The lowest BCUT2D eigenvalue weighted by molar-refractivity contribution is 0.0697. The summed E-state index contributed by atoms with van der Waals surface area (Å²) < 4.78 is 27.8. The summed E-state index contributed by atoms with van der Waals surface area (Å²) in [6.45, 7) is 1.79. The summed E-state index contributed by atoms with van der Waals surface area (Å²) in [4.78, 5) is 10.8. The van der Waals surface area contributed by atoms with E-state index in [1.807, 2.05) is 6.07 Å². The number of aromatic carboxylic acids is 1. The highest BCUT2D eigenvalue weighted by Gasteiger charge is 2.16. The van der Waals surface area contributed by atoms with Crippen molar-refractivity contribution in [2.75, 3.05) is 4.72 Å². The van der Waals surface area contributed by atoms with Gasteiger partial charge in [0, 0.05) is 4.47 Å². The fourth-order valence-electron chi connectivity index (χ4n) is 1.68. The van der Waals surface area contributed by atoms with Gasteiger partial charge in [0.1, 0.15) is 0 Å². The maximum Gasteiger partial charge on any atom is 0.335 e. The summed E-state index contributed by atoms with van der Waals surface area (Å²) in [5, 5.41) is 8.81. The van der Waals surface area contributed by atoms with Gasteiger partial charge in [0.2, 0.25) is 0 Å². The lowest BCUT2D eigenvalue weighted by Gasteiger charge is -2.11. The highest BCUT2D eigenvalue weighted by Crippen LogP contribution is 2.23. The van der Waals surface area contributed by atoms with E-state index in [1.165, 1.54) is 24.3 Å². The van der Waals surface area contributed by atoms with Crippen molar-refractivity contribution in [3.63, 3.8) is 0 Å². The number of halogens is 1. The maximum absolute atomic E-state index is 12.3. The molecule has 0 aromatic heterocycles. The molecule has 0 amide bonds. The highest BCUT2D eigenvalue weighted by molar-refractivity contribution is 9.10. The molecule has 0 aliphatic carbocycles. The quantitative estimate of drug-likeness (QED) is 0.866. The summed E-state index contributed by atoms with van der Waals surface area (Å²) in [5.74, 6) is -1.10. The van der Waals surface area contributed by atoms with E-state index in [2.05, 4.69) is 20.7 Å². The van der Waals surface area contributed by atoms with Gasteiger partial charge >= 0.3 is 5.97 Å². The van der Waals surface area contributed by atoms with Crippen LogP contribution in [0.25, 0.3) is 0 Å². The number of carbonyl (C=O) groups is 1. The van der Waals surface area contributed by atoms with Crippen molar-refractivity contribution in [2.45, 2.75) is 11.8 Å². The third-order valence-electron chi connectivity index (χ3n) is 2.86. The molecule has 0 fully saturated rings. The number of sulfonamides is 1. The molecule has 0 spiro atoms. The fourth-order valence-corrected chi connectivity index (χ4v) is 3.17. The van der Waals surface area contributed by atoms with E-state index in [9.17, 15) is 13.2 Å². The smallest absolute Gasteiger partial charge is 0.335 e. The number of hydrogen-bond donors (Lipinski definition) is 2. The van der Waals surface area contributed by atoms with Crippen molar-refractivity contribution in [1.82, 2.24) is 0 Å². The highest BCUT2D eigenvalue weighted by atomic mass is 79.9. The topological polar surface area (TPSA) is 83.5 Å². The lowest BCUT2D eigenvalue weighted by Crippen LogP contribution is -2.14. The standard InChI is InChI=1S/C14H12BrNO4S/c1-9-2-5-11(15)8-13(9)16-21(19,20)12-6-3-10(4-7-12)14(17)18/h2-8,16H,1H3,(H,17,18). The Balaban J connectivity index is 2.34. The van der Waals surface area contributed by atoms with Crippen LogP contribution in [0.1, 0.15) is 15.9 Å². The van der Waals surface area contributed by atoms with Gasteiger partial charge in [-0.15, -0.1) is 0 Å². The molecule has 0 radical (unpaired) electrons. The van der Waals surface area contributed by atoms with E-state index in [0.717, 1.165) is 10.0 Å². The summed E-state index contributed by atoms with van der Waals surface area (Å²) >= 11 is 3.29. The molecular weight excluding hydrogens is 358 g/mol. The van der Waals surface area contributed by atoms with Crippen LogP contribution in [0.5, 0.6) is 0 Å². The average molecular weight is 370 g/mol. The van der Waals surface area contributed by atoms with Gasteiger partial charge in [0.15, 0.2) is 0 Å². The van der Waals surface area contributed by atoms with Crippen LogP contribution < -0.4 is 4.72 Å². The number of hydrogen-bond acceptors (Lipinski definition) is 3. The first-order chi connectivity index (χ1) is 9.79. The third-order valence-corrected chi connectivity index (χ3v) is 4.73. The summed E-state index contributed by atoms with van der Waals surface area (Å²) in [6, 6.07) is 10.3. The van der Waals surface area contributed by atoms with Gasteiger partial charge in [-0.2, -0.15) is 0 Å². The van der Waals surface area contributed by atoms with Crippen LogP contribution in [0, 0.1) is 6.92 Å². The number of nitrogens with one attached hydrogen (secondary N) is 1. The molecule has 0 heterocycles. The second-order valence-corrected chi connectivity index (χ2v) is 6.99. The molecule has 2 rings (SSSR count). The van der Waals surface area contributed by atoms with Crippen LogP contribution >= 0.6 is 15.9 Å². The Kier molecular flexibility index (Phi) is 4.34. The largest absolute Gasteiger partial charge is 0.478 e. The Hall–Kier alpha value is -1.86. The van der Waals surface area contributed by atoms with Crippen molar-refractivity contribution in [3.05, 3.63) is 58.1 Å². The van der Waals surface area contributed by atoms with Crippen LogP contribution in [-0.2, 0) is 10.0 Å². The lowest BCUT2D eigenvalue weighted by atomic mass is 10.2. The predicted molar refractivity (Wildman–Crippen MR) is 83.1 cm³/mol. The zero-order chi connectivity index (χ0) is 15.6. The van der Waals surface area contributed by atoms with Crippen LogP contribution in [-0.4, -0.2) is 19.5 Å². The van der Waals surface area contributed by atoms with Crippen molar-refractivity contribution in [2.24, 2.45) is 0 Å². The van der Waals surface area contributed by atoms with Crippen molar-refractivity contribution in [1.29, 1.82) is 0 Å². The number of carboxylic acids is 1. The monoisotopic (exact) mass is 369 g/mol. The first-order valence-corrected chi connectivity index (χ1v) is 8.19. The van der Waals surface area contributed by atoms with Gasteiger partial charge in [-0.1, -0.05) is 22.0 Å². The van der Waals surface area contributed by atoms with Gasteiger partial charge in [-0.3, -0.25) is 4.72 Å².